The highest BCUT2D eigenvalue weighted by Gasteiger charge is 2.45. The van der Waals surface area contributed by atoms with E-state index in [1.165, 1.54) is 19.1 Å². The van der Waals surface area contributed by atoms with E-state index in [0.29, 0.717) is 29.7 Å². The Hall–Kier alpha value is -3.59. The normalized spacial score (nSPS) is 22.1. The third-order valence-electron chi connectivity index (χ3n) is 7.31. The lowest BCUT2D eigenvalue weighted by Gasteiger charge is -2.31. The smallest absolute Gasteiger partial charge is 0.343 e. The van der Waals surface area contributed by atoms with E-state index in [0.717, 1.165) is 22.1 Å². The summed E-state index contributed by atoms with van der Waals surface area (Å²) in [5.41, 5.74) is 2.03. The Balaban J connectivity index is 1.67. The first-order valence-electron chi connectivity index (χ1n) is 11.3. The van der Waals surface area contributed by atoms with Crippen LogP contribution in [-0.2, 0) is 39.5 Å². The van der Waals surface area contributed by atoms with Crippen LogP contribution in [0.3, 0.4) is 0 Å². The van der Waals surface area contributed by atoms with Gasteiger partial charge in [-0.05, 0) is 42.5 Å². The number of hydrogen-bond donors (Lipinski definition) is 2. The number of pyridine rings is 2. The van der Waals surface area contributed by atoms with Gasteiger partial charge in [-0.3, -0.25) is 9.59 Å². The van der Waals surface area contributed by atoms with Crippen molar-refractivity contribution < 1.29 is 23.8 Å². The molecule has 0 saturated carbocycles. The van der Waals surface area contributed by atoms with Crippen molar-refractivity contribution in [3.63, 3.8) is 0 Å². The fourth-order valence-electron chi connectivity index (χ4n) is 5.71. The van der Waals surface area contributed by atoms with Crippen LogP contribution < -0.4 is 10.9 Å². The molecule has 3 aliphatic rings. The van der Waals surface area contributed by atoms with Gasteiger partial charge < -0.3 is 19.7 Å². The molecule has 2 aromatic heterocycles. The zero-order valence-corrected chi connectivity index (χ0v) is 18.7. The van der Waals surface area contributed by atoms with E-state index in [9.17, 15) is 23.9 Å². The van der Waals surface area contributed by atoms with Crippen LogP contribution in [0.15, 0.2) is 23.0 Å². The number of fused-ring (bicyclic) bond motifs is 5. The Morgan fingerprint density at radius 2 is 2.12 bits per heavy atom. The fraction of sp³-hybridized carbons (Fsp3) is 0.360. The van der Waals surface area contributed by atoms with Gasteiger partial charge in [-0.1, -0.05) is 6.92 Å². The number of nitrogens with one attached hydrogen (secondary N) is 1. The summed E-state index contributed by atoms with van der Waals surface area (Å²) in [5.74, 6) is -1.37. The van der Waals surface area contributed by atoms with Gasteiger partial charge in [0, 0.05) is 29.5 Å². The molecule has 174 valence electrons. The molecular formula is C25H22FN3O5. The maximum Gasteiger partial charge on any atom is 0.343 e. The maximum absolute atomic E-state index is 14.4. The summed E-state index contributed by atoms with van der Waals surface area (Å²) in [7, 11) is 0. The fourth-order valence-corrected chi connectivity index (χ4v) is 5.71. The number of carbonyl (C=O) groups is 2. The van der Waals surface area contributed by atoms with E-state index < -0.39 is 17.4 Å². The average Bonchev–Trinajstić information content (AvgIpc) is 3.16. The number of cyclic esters (lactones) is 1. The molecule has 1 aliphatic carbocycles. The van der Waals surface area contributed by atoms with Crippen molar-refractivity contribution >= 4 is 22.8 Å². The molecule has 0 saturated heterocycles. The molecule has 9 heteroatoms. The van der Waals surface area contributed by atoms with Gasteiger partial charge in [0.1, 0.15) is 12.4 Å². The Bertz CT molecular complexity index is 1510. The Kier molecular flexibility index (Phi) is 4.29. The summed E-state index contributed by atoms with van der Waals surface area (Å²) in [6.45, 7) is 3.11. The number of esters is 1. The van der Waals surface area contributed by atoms with Crippen molar-refractivity contribution in [1.29, 1.82) is 0 Å². The summed E-state index contributed by atoms with van der Waals surface area (Å²) in [4.78, 5) is 42.6. The van der Waals surface area contributed by atoms with Crippen molar-refractivity contribution in [1.82, 2.24) is 14.9 Å². The van der Waals surface area contributed by atoms with E-state index in [-0.39, 0.29) is 48.2 Å². The van der Waals surface area contributed by atoms with Crippen LogP contribution in [0, 0.1) is 5.82 Å². The Morgan fingerprint density at radius 3 is 2.85 bits per heavy atom. The molecule has 0 bridgehead atoms. The first-order chi connectivity index (χ1) is 16.2. The number of rotatable bonds is 2. The van der Waals surface area contributed by atoms with Crippen molar-refractivity contribution in [2.24, 2.45) is 0 Å². The molecular weight excluding hydrogens is 441 g/mol. The maximum atomic E-state index is 14.4. The third-order valence-corrected chi connectivity index (χ3v) is 7.31. The van der Waals surface area contributed by atoms with Crippen molar-refractivity contribution in [3.8, 4) is 11.4 Å². The lowest BCUT2D eigenvalue weighted by atomic mass is 9.83. The number of aryl methyl sites for hydroxylation is 1. The van der Waals surface area contributed by atoms with Gasteiger partial charge in [-0.15, -0.1) is 0 Å². The lowest BCUT2D eigenvalue weighted by Crippen LogP contribution is -2.44. The molecule has 8 nitrogen and oxygen atoms in total. The SMILES string of the molecule is CC[C@@]1(O)C(=O)OCc2c1cc1n(c2=O)Cc2c-1nc1cc(F)cc3c1c2C(NC(C)=O)CC3. The highest BCUT2D eigenvalue weighted by Crippen LogP contribution is 2.45. The van der Waals surface area contributed by atoms with E-state index in [4.69, 9.17) is 9.72 Å². The van der Waals surface area contributed by atoms with Crippen molar-refractivity contribution in [2.75, 3.05) is 0 Å². The van der Waals surface area contributed by atoms with Crippen LogP contribution in [0.5, 0.6) is 0 Å². The minimum absolute atomic E-state index is 0.0458. The summed E-state index contributed by atoms with van der Waals surface area (Å²) in [5, 5.41) is 14.9. The molecule has 2 N–H and O–H groups in total. The number of aliphatic hydroxyl groups is 1. The third kappa shape index (κ3) is 2.67. The summed E-state index contributed by atoms with van der Waals surface area (Å²) >= 11 is 0. The number of amides is 1. The molecule has 2 aliphatic heterocycles. The topological polar surface area (TPSA) is 111 Å². The number of benzene rings is 1. The first-order valence-corrected chi connectivity index (χ1v) is 11.3. The quantitative estimate of drug-likeness (QED) is 0.442. The second-order valence-electron chi connectivity index (χ2n) is 9.21. The first kappa shape index (κ1) is 21.0. The van der Waals surface area contributed by atoms with E-state index in [1.807, 2.05) is 0 Å². The molecule has 1 amide bonds. The lowest BCUT2D eigenvalue weighted by molar-refractivity contribution is -0.172. The summed E-state index contributed by atoms with van der Waals surface area (Å²) < 4.78 is 21.1. The van der Waals surface area contributed by atoms with Gasteiger partial charge in [0.25, 0.3) is 5.56 Å². The molecule has 3 aromatic rings. The van der Waals surface area contributed by atoms with Gasteiger partial charge in [0.15, 0.2) is 5.60 Å². The molecule has 0 radical (unpaired) electrons. The highest BCUT2D eigenvalue weighted by atomic mass is 19.1. The van der Waals surface area contributed by atoms with Crippen LogP contribution in [0.2, 0.25) is 0 Å². The second-order valence-corrected chi connectivity index (χ2v) is 9.21. The number of aromatic nitrogens is 2. The van der Waals surface area contributed by atoms with Crippen LogP contribution in [0.25, 0.3) is 22.3 Å². The van der Waals surface area contributed by atoms with Gasteiger partial charge in [-0.2, -0.15) is 0 Å². The zero-order valence-electron chi connectivity index (χ0n) is 18.7. The van der Waals surface area contributed by atoms with Gasteiger partial charge >= 0.3 is 5.97 Å². The molecule has 2 atom stereocenters. The van der Waals surface area contributed by atoms with E-state index >= 15 is 0 Å². The number of nitrogens with zero attached hydrogens (tertiary/aromatic N) is 2. The van der Waals surface area contributed by atoms with E-state index in [1.54, 1.807) is 17.6 Å². The standard InChI is InChI=1S/C25H22FN3O5/c1-3-25(33)16-8-19-22-14(9-29(19)23(31)15(16)10-34-24(25)32)21-17(27-11(2)30)5-4-12-6-13(26)7-18(28-22)20(12)21/h6-8,17,33H,3-5,9-10H2,1-2H3,(H,27,30)/t17?,25-/m0/s1. The minimum atomic E-state index is -1.92. The summed E-state index contributed by atoms with van der Waals surface area (Å²) in [6.07, 6.45) is 1.24. The summed E-state index contributed by atoms with van der Waals surface area (Å²) in [6, 6.07) is 4.19. The average molecular weight is 463 g/mol. The second kappa shape index (κ2) is 6.96. The molecule has 1 aromatic carbocycles. The molecule has 0 fully saturated rings. The van der Waals surface area contributed by atoms with E-state index in [2.05, 4.69) is 5.32 Å². The van der Waals surface area contributed by atoms with Crippen LogP contribution in [0.4, 0.5) is 4.39 Å². The monoisotopic (exact) mass is 463 g/mol. The molecule has 1 unspecified atom stereocenters. The van der Waals surface area contributed by atoms with Crippen molar-refractivity contribution in [3.05, 3.63) is 62.2 Å². The number of hydrogen-bond acceptors (Lipinski definition) is 6. The predicted octanol–water partition coefficient (Wildman–Crippen LogP) is 2.34. The van der Waals surface area contributed by atoms with Gasteiger partial charge in [0.2, 0.25) is 5.91 Å². The zero-order chi connectivity index (χ0) is 23.9. The van der Waals surface area contributed by atoms with Crippen molar-refractivity contribution in [2.45, 2.75) is 57.9 Å². The highest BCUT2D eigenvalue weighted by molar-refractivity contribution is 5.93. The van der Waals surface area contributed by atoms with Crippen LogP contribution in [-0.4, -0.2) is 26.5 Å². The molecule has 0 spiro atoms. The predicted molar refractivity (Wildman–Crippen MR) is 119 cm³/mol. The van der Waals surface area contributed by atoms with Crippen LogP contribution in [0.1, 0.15) is 60.5 Å². The minimum Gasteiger partial charge on any atom is -0.458 e. The Morgan fingerprint density at radius 1 is 1.32 bits per heavy atom. The number of halogens is 1. The number of ether oxygens (including phenoxy) is 1. The molecule has 4 heterocycles. The molecule has 34 heavy (non-hydrogen) atoms. The largest absolute Gasteiger partial charge is 0.458 e. The van der Waals surface area contributed by atoms with Gasteiger partial charge in [-0.25, -0.2) is 14.2 Å². The van der Waals surface area contributed by atoms with Crippen LogP contribution >= 0.6 is 0 Å². The number of carbonyl (C=O) groups excluding carboxylic acids is 2. The van der Waals surface area contributed by atoms with Gasteiger partial charge in [0.05, 0.1) is 35.1 Å². The molecule has 6 rings (SSSR count). The Labute approximate surface area is 193 Å².